The normalized spacial score (nSPS) is 13.4. The van der Waals surface area contributed by atoms with Crippen molar-refractivity contribution in [1.29, 1.82) is 0 Å². The summed E-state index contributed by atoms with van der Waals surface area (Å²) in [5, 5.41) is 14.4. The van der Waals surface area contributed by atoms with Crippen molar-refractivity contribution in [2.75, 3.05) is 11.9 Å². The number of aromatic nitrogens is 3. The number of carbonyl (C=O) groups excluding carboxylic acids is 1. The smallest absolute Gasteiger partial charge is 0.262 e. The summed E-state index contributed by atoms with van der Waals surface area (Å²) in [6.07, 6.45) is 4.33. The van der Waals surface area contributed by atoms with E-state index in [1.165, 1.54) is 6.42 Å². The molecule has 1 aliphatic heterocycles. The highest BCUT2D eigenvalue weighted by molar-refractivity contribution is 6.33. The SMILES string of the molecule is O=C(COc1ccc2ccccc2c1)Nc1ccc(Cl)c(-c2nnc3n2CCCCC3)c1. The van der Waals surface area contributed by atoms with E-state index in [1.54, 1.807) is 12.1 Å². The summed E-state index contributed by atoms with van der Waals surface area (Å²) in [4.78, 5) is 12.5. The summed E-state index contributed by atoms with van der Waals surface area (Å²) >= 11 is 6.48. The molecule has 3 aromatic carbocycles. The Morgan fingerprint density at radius 2 is 1.88 bits per heavy atom. The molecular formula is C25H23ClN4O2. The van der Waals surface area contributed by atoms with Crippen molar-refractivity contribution in [2.24, 2.45) is 0 Å². The van der Waals surface area contributed by atoms with Crippen LogP contribution in [0.4, 0.5) is 5.69 Å². The van der Waals surface area contributed by atoms with Crippen molar-refractivity contribution in [3.63, 3.8) is 0 Å². The molecule has 0 saturated carbocycles. The third-order valence-corrected chi connectivity index (χ3v) is 6.02. The topological polar surface area (TPSA) is 69.0 Å². The lowest BCUT2D eigenvalue weighted by molar-refractivity contribution is -0.118. The van der Waals surface area contributed by atoms with E-state index in [2.05, 4.69) is 20.1 Å². The summed E-state index contributed by atoms with van der Waals surface area (Å²) in [5.41, 5.74) is 1.41. The lowest BCUT2D eigenvalue weighted by atomic mass is 10.1. The van der Waals surface area contributed by atoms with Crippen molar-refractivity contribution in [1.82, 2.24) is 14.8 Å². The second-order valence-electron chi connectivity index (χ2n) is 7.94. The van der Waals surface area contributed by atoms with Gasteiger partial charge in [-0.2, -0.15) is 0 Å². The Morgan fingerprint density at radius 1 is 1.00 bits per heavy atom. The Morgan fingerprint density at radius 3 is 2.78 bits per heavy atom. The fourth-order valence-corrected chi connectivity index (χ4v) is 4.26. The minimum Gasteiger partial charge on any atom is -0.484 e. The summed E-state index contributed by atoms with van der Waals surface area (Å²) in [7, 11) is 0. The predicted octanol–water partition coefficient (Wildman–Crippen LogP) is 5.50. The van der Waals surface area contributed by atoms with Crippen LogP contribution < -0.4 is 10.1 Å². The third kappa shape index (κ3) is 4.32. The monoisotopic (exact) mass is 446 g/mol. The molecule has 0 bridgehead atoms. The number of carbonyl (C=O) groups is 1. The van der Waals surface area contributed by atoms with Crippen LogP contribution in [0.2, 0.25) is 5.02 Å². The van der Waals surface area contributed by atoms with Crippen molar-refractivity contribution in [2.45, 2.75) is 32.2 Å². The van der Waals surface area contributed by atoms with Gasteiger partial charge in [-0.05, 0) is 53.9 Å². The van der Waals surface area contributed by atoms with Crippen molar-refractivity contribution in [3.05, 3.63) is 71.5 Å². The quantitative estimate of drug-likeness (QED) is 0.439. The summed E-state index contributed by atoms with van der Waals surface area (Å²) < 4.78 is 7.84. The van der Waals surface area contributed by atoms with E-state index in [4.69, 9.17) is 16.3 Å². The van der Waals surface area contributed by atoms with Gasteiger partial charge in [-0.15, -0.1) is 10.2 Å². The predicted molar refractivity (Wildman–Crippen MR) is 126 cm³/mol. The Hall–Kier alpha value is -3.38. The van der Waals surface area contributed by atoms with Crippen LogP contribution in [-0.2, 0) is 17.8 Å². The number of hydrogen-bond donors (Lipinski definition) is 1. The largest absolute Gasteiger partial charge is 0.484 e. The Labute approximate surface area is 191 Å². The molecule has 0 spiro atoms. The number of amides is 1. The van der Waals surface area contributed by atoms with Crippen LogP contribution in [-0.4, -0.2) is 27.3 Å². The van der Waals surface area contributed by atoms with E-state index in [9.17, 15) is 4.79 Å². The molecule has 2 heterocycles. The van der Waals surface area contributed by atoms with Gasteiger partial charge in [-0.25, -0.2) is 0 Å². The zero-order valence-corrected chi connectivity index (χ0v) is 18.3. The summed E-state index contributed by atoms with van der Waals surface area (Å²) in [6, 6.07) is 19.2. The molecule has 4 aromatic rings. The van der Waals surface area contributed by atoms with E-state index in [0.717, 1.165) is 53.8 Å². The van der Waals surface area contributed by atoms with Gasteiger partial charge in [0.05, 0.1) is 5.02 Å². The molecule has 0 saturated heterocycles. The van der Waals surface area contributed by atoms with Gasteiger partial charge in [-0.3, -0.25) is 4.79 Å². The first-order valence-corrected chi connectivity index (χ1v) is 11.2. The number of nitrogens with one attached hydrogen (secondary N) is 1. The Balaban J connectivity index is 1.29. The van der Waals surface area contributed by atoms with Crippen LogP contribution in [0.25, 0.3) is 22.2 Å². The highest BCUT2D eigenvalue weighted by Gasteiger charge is 2.18. The highest BCUT2D eigenvalue weighted by atomic mass is 35.5. The van der Waals surface area contributed by atoms with Gasteiger partial charge in [0.25, 0.3) is 5.91 Å². The van der Waals surface area contributed by atoms with Gasteiger partial charge in [-0.1, -0.05) is 48.4 Å². The van der Waals surface area contributed by atoms with Gasteiger partial charge < -0.3 is 14.6 Å². The minimum atomic E-state index is -0.244. The van der Waals surface area contributed by atoms with Crippen LogP contribution in [0.3, 0.4) is 0 Å². The number of aryl methyl sites for hydroxylation is 1. The molecule has 1 N–H and O–H groups in total. The van der Waals surface area contributed by atoms with Crippen LogP contribution in [0.1, 0.15) is 25.1 Å². The van der Waals surface area contributed by atoms with Crippen molar-refractivity contribution in [3.8, 4) is 17.1 Å². The fraction of sp³-hybridized carbons (Fsp3) is 0.240. The zero-order chi connectivity index (χ0) is 21.9. The number of halogens is 1. The molecule has 7 heteroatoms. The first kappa shape index (κ1) is 20.5. The maximum Gasteiger partial charge on any atom is 0.262 e. The van der Waals surface area contributed by atoms with Gasteiger partial charge in [0.15, 0.2) is 12.4 Å². The molecule has 1 aromatic heterocycles. The van der Waals surface area contributed by atoms with Gasteiger partial charge >= 0.3 is 0 Å². The van der Waals surface area contributed by atoms with Crippen molar-refractivity contribution < 1.29 is 9.53 Å². The maximum absolute atomic E-state index is 12.5. The number of benzene rings is 3. The minimum absolute atomic E-state index is 0.0867. The van der Waals surface area contributed by atoms with E-state index in [-0.39, 0.29) is 12.5 Å². The molecule has 5 rings (SSSR count). The Kier molecular flexibility index (Phi) is 5.77. The molecule has 1 amide bonds. The van der Waals surface area contributed by atoms with Crippen LogP contribution >= 0.6 is 11.6 Å². The fourth-order valence-electron chi connectivity index (χ4n) is 4.06. The van der Waals surface area contributed by atoms with Gasteiger partial charge in [0.1, 0.15) is 11.6 Å². The number of hydrogen-bond acceptors (Lipinski definition) is 4. The number of ether oxygens (including phenoxy) is 1. The molecule has 0 fully saturated rings. The number of nitrogens with zero attached hydrogens (tertiary/aromatic N) is 3. The first-order chi connectivity index (χ1) is 15.7. The number of rotatable bonds is 5. The molecule has 0 radical (unpaired) electrons. The lowest BCUT2D eigenvalue weighted by Gasteiger charge is -2.12. The summed E-state index contributed by atoms with van der Waals surface area (Å²) in [5.74, 6) is 2.15. The second-order valence-corrected chi connectivity index (χ2v) is 8.35. The zero-order valence-electron chi connectivity index (χ0n) is 17.6. The molecule has 0 atom stereocenters. The summed E-state index contributed by atoms with van der Waals surface area (Å²) in [6.45, 7) is 0.792. The van der Waals surface area contributed by atoms with E-state index >= 15 is 0 Å². The van der Waals surface area contributed by atoms with Crippen molar-refractivity contribution >= 4 is 34.0 Å². The highest BCUT2D eigenvalue weighted by Crippen LogP contribution is 2.31. The molecule has 162 valence electrons. The molecule has 0 aliphatic carbocycles. The molecule has 1 aliphatic rings. The van der Waals surface area contributed by atoms with Crippen LogP contribution in [0, 0.1) is 0 Å². The van der Waals surface area contributed by atoms with E-state index in [1.807, 2.05) is 48.5 Å². The number of fused-ring (bicyclic) bond motifs is 2. The third-order valence-electron chi connectivity index (χ3n) is 5.69. The molecular weight excluding hydrogens is 424 g/mol. The lowest BCUT2D eigenvalue weighted by Crippen LogP contribution is -2.20. The first-order valence-electron chi connectivity index (χ1n) is 10.8. The van der Waals surface area contributed by atoms with E-state index < -0.39 is 0 Å². The molecule has 32 heavy (non-hydrogen) atoms. The standard InChI is InChI=1S/C25H23ClN4O2/c26-22-12-10-19(15-21(22)25-29-28-23-8-2-1-5-13-30(23)25)27-24(31)16-32-20-11-9-17-6-3-4-7-18(17)14-20/h3-4,6-7,9-12,14-15H,1-2,5,8,13,16H2,(H,27,31). The van der Waals surface area contributed by atoms with Gasteiger partial charge in [0, 0.05) is 24.2 Å². The average Bonchev–Trinajstić information content (AvgIpc) is 3.06. The maximum atomic E-state index is 12.5. The molecule has 6 nitrogen and oxygen atoms in total. The average molecular weight is 447 g/mol. The van der Waals surface area contributed by atoms with Gasteiger partial charge in [0.2, 0.25) is 0 Å². The van der Waals surface area contributed by atoms with E-state index in [0.29, 0.717) is 16.5 Å². The number of anilines is 1. The second kappa shape index (κ2) is 9.01. The Bertz CT molecular complexity index is 1280. The molecule has 0 unspecified atom stereocenters. The van der Waals surface area contributed by atoms with Crippen LogP contribution in [0.5, 0.6) is 5.75 Å². The van der Waals surface area contributed by atoms with Crippen LogP contribution in [0.15, 0.2) is 60.7 Å².